The van der Waals surface area contributed by atoms with E-state index >= 15 is 0 Å². The van der Waals surface area contributed by atoms with Gasteiger partial charge in [-0.1, -0.05) is 42.0 Å². The molecule has 3 N–H and O–H groups in total. The van der Waals surface area contributed by atoms with E-state index in [1.165, 1.54) is 0 Å². The van der Waals surface area contributed by atoms with Gasteiger partial charge < -0.3 is 20.7 Å². The number of morpholine rings is 1. The number of carbonyl (C=O) groups excluding carboxylic acids is 2. The third kappa shape index (κ3) is 3.25. The van der Waals surface area contributed by atoms with E-state index in [2.05, 4.69) is 10.2 Å². The molecule has 5 rings (SSSR count). The van der Waals surface area contributed by atoms with Crippen LogP contribution in [0.1, 0.15) is 37.4 Å². The van der Waals surface area contributed by atoms with Crippen molar-refractivity contribution in [1.82, 2.24) is 0 Å². The second-order valence-corrected chi connectivity index (χ2v) is 7.90. The first-order chi connectivity index (χ1) is 15.0. The first-order valence-corrected chi connectivity index (χ1v) is 10.4. The first kappa shape index (κ1) is 19.3. The predicted molar refractivity (Wildman–Crippen MR) is 122 cm³/mol. The molecule has 0 unspecified atom stereocenters. The molecule has 3 aromatic carbocycles. The van der Waals surface area contributed by atoms with Gasteiger partial charge in [0.1, 0.15) is 0 Å². The molecule has 156 valence electrons. The van der Waals surface area contributed by atoms with Crippen LogP contribution in [0, 0.1) is 6.92 Å². The number of aryl methyl sites for hydroxylation is 1. The van der Waals surface area contributed by atoms with Crippen molar-refractivity contribution in [2.45, 2.75) is 6.92 Å². The molecular formula is C25H23N3O3. The summed E-state index contributed by atoms with van der Waals surface area (Å²) in [6, 6.07) is 16.7. The van der Waals surface area contributed by atoms with E-state index in [0.717, 1.165) is 16.9 Å². The van der Waals surface area contributed by atoms with Crippen LogP contribution in [-0.4, -0.2) is 37.9 Å². The number of anilines is 4. The Balaban J connectivity index is 1.71. The number of nitrogens with two attached hydrogens (primary N) is 1. The van der Waals surface area contributed by atoms with Crippen LogP contribution < -0.4 is 16.0 Å². The van der Waals surface area contributed by atoms with E-state index in [0.29, 0.717) is 54.4 Å². The average molecular weight is 413 g/mol. The Hall–Kier alpha value is -3.64. The van der Waals surface area contributed by atoms with Crippen LogP contribution in [0.5, 0.6) is 0 Å². The molecule has 1 heterocycles. The minimum Gasteiger partial charge on any atom is -0.396 e. The van der Waals surface area contributed by atoms with Crippen molar-refractivity contribution in [2.75, 3.05) is 42.3 Å². The van der Waals surface area contributed by atoms with Gasteiger partial charge >= 0.3 is 0 Å². The number of rotatable bonds is 3. The number of benzene rings is 3. The molecule has 6 heteroatoms. The number of ether oxygens (including phenoxy) is 1. The van der Waals surface area contributed by atoms with Crippen molar-refractivity contribution in [2.24, 2.45) is 0 Å². The molecule has 0 aromatic heterocycles. The van der Waals surface area contributed by atoms with Crippen LogP contribution in [-0.2, 0) is 4.74 Å². The van der Waals surface area contributed by atoms with Crippen LogP contribution in [0.3, 0.4) is 0 Å². The number of nitrogens with one attached hydrogen (secondary N) is 1. The number of hydrogen-bond donors (Lipinski definition) is 2. The smallest absolute Gasteiger partial charge is 0.196 e. The monoisotopic (exact) mass is 413 g/mol. The summed E-state index contributed by atoms with van der Waals surface area (Å²) in [7, 11) is 0. The summed E-state index contributed by atoms with van der Waals surface area (Å²) in [5.74, 6) is -0.412. The normalized spacial score (nSPS) is 15.5. The molecule has 0 atom stereocenters. The highest BCUT2D eigenvalue weighted by atomic mass is 16.5. The van der Waals surface area contributed by atoms with Gasteiger partial charge in [-0.05, 0) is 25.1 Å². The molecule has 2 aliphatic rings. The topological polar surface area (TPSA) is 84.7 Å². The van der Waals surface area contributed by atoms with Gasteiger partial charge in [-0.2, -0.15) is 0 Å². The van der Waals surface area contributed by atoms with E-state index in [4.69, 9.17) is 10.5 Å². The number of hydrogen-bond acceptors (Lipinski definition) is 6. The highest BCUT2D eigenvalue weighted by molar-refractivity contribution is 6.32. The van der Waals surface area contributed by atoms with Gasteiger partial charge in [-0.15, -0.1) is 0 Å². The Labute approximate surface area is 180 Å². The second-order valence-electron chi connectivity index (χ2n) is 7.90. The van der Waals surface area contributed by atoms with Gasteiger partial charge in [-0.25, -0.2) is 0 Å². The largest absolute Gasteiger partial charge is 0.396 e. The minimum atomic E-state index is -0.218. The van der Waals surface area contributed by atoms with E-state index in [1.54, 1.807) is 24.3 Å². The SMILES string of the molecule is Cc1ccc(Nc2cc(N3CCOCC3)c(N)c3c2C(=O)c2ccccc2C3=O)cc1. The number of nitrogens with zero attached hydrogens (tertiary/aromatic N) is 1. The van der Waals surface area contributed by atoms with E-state index < -0.39 is 0 Å². The Morgan fingerprint density at radius 2 is 1.52 bits per heavy atom. The lowest BCUT2D eigenvalue weighted by atomic mass is 9.81. The predicted octanol–water partition coefficient (Wildman–Crippen LogP) is 3.93. The number of fused-ring (bicyclic) bond motifs is 2. The fourth-order valence-electron chi connectivity index (χ4n) is 4.26. The lowest BCUT2D eigenvalue weighted by Crippen LogP contribution is -2.37. The summed E-state index contributed by atoms with van der Waals surface area (Å²) in [5.41, 5.74) is 11.6. The lowest BCUT2D eigenvalue weighted by Gasteiger charge is -2.32. The molecule has 1 fully saturated rings. The second kappa shape index (κ2) is 7.56. The minimum absolute atomic E-state index is 0.194. The van der Waals surface area contributed by atoms with Gasteiger partial charge in [0.05, 0.1) is 41.4 Å². The third-order valence-corrected chi connectivity index (χ3v) is 5.90. The zero-order valence-corrected chi connectivity index (χ0v) is 17.3. The summed E-state index contributed by atoms with van der Waals surface area (Å²) in [5, 5.41) is 3.36. The number of nitrogen functional groups attached to an aromatic ring is 1. The van der Waals surface area contributed by atoms with Crippen LogP contribution in [0.15, 0.2) is 54.6 Å². The van der Waals surface area contributed by atoms with Crippen molar-refractivity contribution in [3.8, 4) is 0 Å². The zero-order chi connectivity index (χ0) is 21.5. The quantitative estimate of drug-likeness (QED) is 0.495. The Morgan fingerprint density at radius 1 is 0.903 bits per heavy atom. The molecule has 1 aliphatic heterocycles. The molecule has 0 bridgehead atoms. The molecule has 6 nitrogen and oxygen atoms in total. The Bertz CT molecular complexity index is 1200. The highest BCUT2D eigenvalue weighted by Gasteiger charge is 2.35. The standard InChI is InChI=1S/C25H23N3O3/c1-15-6-8-16(9-7-15)27-19-14-20(28-10-12-31-13-11-28)23(26)22-21(19)24(29)17-4-2-3-5-18(17)25(22)30/h2-9,14,27H,10-13,26H2,1H3. The van der Waals surface area contributed by atoms with Gasteiger partial charge in [0.25, 0.3) is 0 Å². The molecule has 0 saturated carbocycles. The molecule has 0 amide bonds. The van der Waals surface area contributed by atoms with Gasteiger partial charge in [-0.3, -0.25) is 9.59 Å². The van der Waals surface area contributed by atoms with Gasteiger partial charge in [0.2, 0.25) is 0 Å². The van der Waals surface area contributed by atoms with E-state index in [9.17, 15) is 9.59 Å². The van der Waals surface area contributed by atoms with Crippen LogP contribution >= 0.6 is 0 Å². The van der Waals surface area contributed by atoms with Crippen molar-refractivity contribution in [1.29, 1.82) is 0 Å². The summed E-state index contributed by atoms with van der Waals surface area (Å²) < 4.78 is 5.48. The number of ketones is 2. The Morgan fingerprint density at radius 3 is 2.16 bits per heavy atom. The van der Waals surface area contributed by atoms with Crippen LogP contribution in [0.25, 0.3) is 0 Å². The third-order valence-electron chi connectivity index (χ3n) is 5.90. The van der Waals surface area contributed by atoms with E-state index in [-0.39, 0.29) is 17.1 Å². The average Bonchev–Trinajstić information content (AvgIpc) is 2.80. The fraction of sp³-hybridized carbons (Fsp3) is 0.200. The molecule has 1 aliphatic carbocycles. The number of carbonyl (C=O) groups is 2. The molecular weight excluding hydrogens is 390 g/mol. The maximum atomic E-state index is 13.5. The maximum Gasteiger partial charge on any atom is 0.196 e. The fourth-order valence-corrected chi connectivity index (χ4v) is 4.26. The molecule has 0 spiro atoms. The molecule has 3 aromatic rings. The van der Waals surface area contributed by atoms with Gasteiger partial charge in [0.15, 0.2) is 11.6 Å². The lowest BCUT2D eigenvalue weighted by molar-refractivity contribution is 0.0980. The summed E-state index contributed by atoms with van der Waals surface area (Å²) in [6.07, 6.45) is 0. The summed E-state index contributed by atoms with van der Waals surface area (Å²) in [4.78, 5) is 29.0. The highest BCUT2D eigenvalue weighted by Crippen LogP contribution is 2.42. The maximum absolute atomic E-state index is 13.5. The summed E-state index contributed by atoms with van der Waals surface area (Å²) in [6.45, 7) is 4.54. The molecule has 1 saturated heterocycles. The van der Waals surface area contributed by atoms with Crippen molar-refractivity contribution in [3.63, 3.8) is 0 Å². The summed E-state index contributed by atoms with van der Waals surface area (Å²) >= 11 is 0. The van der Waals surface area contributed by atoms with Crippen molar-refractivity contribution in [3.05, 3.63) is 82.4 Å². The van der Waals surface area contributed by atoms with Gasteiger partial charge in [0, 0.05) is 29.9 Å². The molecule has 31 heavy (non-hydrogen) atoms. The van der Waals surface area contributed by atoms with E-state index in [1.807, 2.05) is 37.3 Å². The molecule has 0 radical (unpaired) electrons. The van der Waals surface area contributed by atoms with Crippen LogP contribution in [0.4, 0.5) is 22.7 Å². The van der Waals surface area contributed by atoms with Crippen molar-refractivity contribution >= 4 is 34.3 Å². The Kier molecular flexibility index (Phi) is 4.71. The van der Waals surface area contributed by atoms with Crippen LogP contribution in [0.2, 0.25) is 0 Å². The zero-order valence-electron chi connectivity index (χ0n) is 17.3. The van der Waals surface area contributed by atoms with Crippen molar-refractivity contribution < 1.29 is 14.3 Å². The first-order valence-electron chi connectivity index (χ1n) is 10.4.